The van der Waals surface area contributed by atoms with Crippen molar-refractivity contribution in [3.05, 3.63) is 46.2 Å². The topological polar surface area (TPSA) is 140 Å². The zero-order valence-electron chi connectivity index (χ0n) is 18.7. The molecule has 2 aromatic heterocycles. The van der Waals surface area contributed by atoms with E-state index in [1.54, 1.807) is 4.90 Å². The highest BCUT2D eigenvalue weighted by Gasteiger charge is 2.28. The first-order chi connectivity index (χ1) is 15.6. The van der Waals surface area contributed by atoms with Gasteiger partial charge in [-0.2, -0.15) is 0 Å². The summed E-state index contributed by atoms with van der Waals surface area (Å²) in [5.41, 5.74) is -0.420. The zero-order valence-corrected chi connectivity index (χ0v) is 18.7. The van der Waals surface area contributed by atoms with Gasteiger partial charge in [-0.3, -0.25) is 10.1 Å². The summed E-state index contributed by atoms with van der Waals surface area (Å²) in [6.07, 6.45) is 5.24. The van der Waals surface area contributed by atoms with Crippen LogP contribution in [0, 0.1) is 22.6 Å². The number of rotatable bonds is 6. The van der Waals surface area contributed by atoms with Crippen molar-refractivity contribution in [3.8, 4) is 0 Å². The predicted molar refractivity (Wildman–Crippen MR) is 121 cm³/mol. The fourth-order valence-electron chi connectivity index (χ4n) is 3.36. The van der Waals surface area contributed by atoms with Crippen molar-refractivity contribution < 1.29 is 14.5 Å². The van der Waals surface area contributed by atoms with Crippen LogP contribution in [0.4, 0.5) is 33.6 Å². The Morgan fingerprint density at radius 2 is 2.06 bits per heavy atom. The number of aromatic nitrogens is 3. The quantitative estimate of drug-likeness (QED) is 0.374. The molecule has 1 aliphatic rings. The van der Waals surface area contributed by atoms with Gasteiger partial charge in [-0.05, 0) is 39.5 Å². The molecular weight excluding hydrogens is 428 g/mol. The molecule has 3 rings (SSSR count). The summed E-state index contributed by atoms with van der Waals surface area (Å²) in [6, 6.07) is 1.52. The molecule has 1 saturated heterocycles. The molecule has 2 aromatic rings. The van der Waals surface area contributed by atoms with Crippen LogP contribution in [-0.4, -0.2) is 56.1 Å². The van der Waals surface area contributed by atoms with Gasteiger partial charge in [0, 0.05) is 25.7 Å². The summed E-state index contributed by atoms with van der Waals surface area (Å²) in [5, 5.41) is 17.5. The smallest absolute Gasteiger partial charge is 0.410 e. The van der Waals surface area contributed by atoms with Crippen molar-refractivity contribution in [2.75, 3.05) is 30.3 Å². The molecular formula is C21H26N8O4. The Morgan fingerprint density at radius 1 is 1.30 bits per heavy atom. The van der Waals surface area contributed by atoms with Gasteiger partial charge in [-0.15, -0.1) is 4.98 Å². The van der Waals surface area contributed by atoms with Gasteiger partial charge in [-0.25, -0.2) is 14.8 Å². The second-order valence-electron chi connectivity index (χ2n) is 8.66. The maximum Gasteiger partial charge on any atom is 0.410 e. The van der Waals surface area contributed by atoms with Crippen molar-refractivity contribution in [1.82, 2.24) is 19.9 Å². The van der Waals surface area contributed by atoms with E-state index in [2.05, 4.69) is 30.4 Å². The summed E-state index contributed by atoms with van der Waals surface area (Å²) in [5.74, 6) is 0.969. The predicted octanol–water partition coefficient (Wildman–Crippen LogP) is 4.13. The van der Waals surface area contributed by atoms with Gasteiger partial charge in [0.25, 0.3) is 5.82 Å². The minimum atomic E-state index is -0.565. The van der Waals surface area contributed by atoms with Crippen LogP contribution in [0.3, 0.4) is 0 Å². The number of amides is 1. The van der Waals surface area contributed by atoms with E-state index in [9.17, 15) is 14.9 Å². The van der Waals surface area contributed by atoms with E-state index in [0.717, 1.165) is 12.8 Å². The molecule has 2 N–H and O–H groups in total. The zero-order chi connectivity index (χ0) is 24.0. The van der Waals surface area contributed by atoms with Crippen LogP contribution in [0.25, 0.3) is 4.85 Å². The summed E-state index contributed by atoms with van der Waals surface area (Å²) in [7, 11) is 0. The van der Waals surface area contributed by atoms with Crippen LogP contribution in [0.1, 0.15) is 33.6 Å². The van der Waals surface area contributed by atoms with E-state index in [-0.39, 0.29) is 23.5 Å². The normalized spacial score (nSPS) is 15.9. The number of piperidine rings is 1. The molecule has 1 atom stereocenters. The molecule has 0 spiro atoms. The lowest BCUT2D eigenvalue weighted by Crippen LogP contribution is -2.44. The number of hydrogen-bond acceptors (Lipinski definition) is 9. The number of anilines is 3. The number of pyridine rings is 1. The van der Waals surface area contributed by atoms with Crippen molar-refractivity contribution in [1.29, 1.82) is 0 Å². The number of ether oxygens (including phenoxy) is 1. The number of carbonyl (C=O) groups excluding carboxylic acids is 1. The van der Waals surface area contributed by atoms with Gasteiger partial charge in [0.1, 0.15) is 23.3 Å². The standard InChI is InChI=1S/C21H26N8O4/c1-21(2,3)33-20(30)28-7-5-6-14(13-28)9-23-15-8-17(24-10-16(15)29(31)32)27-19-12-25-18(22-4)11-26-19/h8,10-12,14H,5-7,9,13H2,1-3H3,(H2,23,24,26,27). The molecule has 3 heterocycles. The molecule has 12 nitrogen and oxygen atoms in total. The lowest BCUT2D eigenvalue weighted by molar-refractivity contribution is -0.384. The summed E-state index contributed by atoms with van der Waals surface area (Å²) >= 11 is 0. The van der Waals surface area contributed by atoms with E-state index >= 15 is 0 Å². The first kappa shape index (κ1) is 23.6. The van der Waals surface area contributed by atoms with Gasteiger partial charge in [-0.1, -0.05) is 6.57 Å². The minimum absolute atomic E-state index is 0.113. The van der Waals surface area contributed by atoms with Gasteiger partial charge in [0.05, 0.1) is 11.1 Å². The third-order valence-corrected chi connectivity index (χ3v) is 4.84. The molecule has 1 aliphatic heterocycles. The third-order valence-electron chi connectivity index (χ3n) is 4.84. The SMILES string of the molecule is [C-]#[N+]c1cnc(Nc2cc(NCC3CCCN(C(=O)OC(C)(C)C)C3)c([N+](=O)[O-])cn2)cn1. The second-order valence-corrected chi connectivity index (χ2v) is 8.66. The van der Waals surface area contributed by atoms with Crippen molar-refractivity contribution in [2.45, 2.75) is 39.2 Å². The number of likely N-dealkylation sites (tertiary alicyclic amines) is 1. The molecule has 0 aromatic carbocycles. The number of carbonyl (C=O) groups is 1. The fourth-order valence-corrected chi connectivity index (χ4v) is 3.36. The Kier molecular flexibility index (Phi) is 7.22. The molecule has 0 saturated carbocycles. The molecule has 0 bridgehead atoms. The molecule has 1 fully saturated rings. The lowest BCUT2D eigenvalue weighted by atomic mass is 9.98. The monoisotopic (exact) mass is 454 g/mol. The molecule has 1 unspecified atom stereocenters. The fraction of sp³-hybridized carbons (Fsp3) is 0.476. The van der Waals surface area contributed by atoms with Gasteiger partial charge in [0.2, 0.25) is 0 Å². The Morgan fingerprint density at radius 3 is 2.70 bits per heavy atom. The minimum Gasteiger partial charge on any atom is -0.444 e. The molecule has 174 valence electrons. The van der Waals surface area contributed by atoms with Crippen molar-refractivity contribution in [2.24, 2.45) is 5.92 Å². The van der Waals surface area contributed by atoms with Crippen LogP contribution in [0.15, 0.2) is 24.7 Å². The van der Waals surface area contributed by atoms with Crippen LogP contribution >= 0.6 is 0 Å². The van der Waals surface area contributed by atoms with Gasteiger partial charge >= 0.3 is 11.8 Å². The maximum absolute atomic E-state index is 12.4. The average molecular weight is 454 g/mol. The molecule has 0 radical (unpaired) electrons. The van der Waals surface area contributed by atoms with Crippen molar-refractivity contribution >= 4 is 34.9 Å². The first-order valence-corrected chi connectivity index (χ1v) is 10.5. The Balaban J connectivity index is 1.67. The second kappa shape index (κ2) is 10.1. The number of nitrogens with zero attached hydrogens (tertiary/aromatic N) is 6. The highest BCUT2D eigenvalue weighted by atomic mass is 16.6. The van der Waals surface area contributed by atoms with E-state index < -0.39 is 10.5 Å². The average Bonchev–Trinajstić information content (AvgIpc) is 2.77. The molecule has 0 aliphatic carbocycles. The van der Waals surface area contributed by atoms with Gasteiger partial charge in [0.15, 0.2) is 12.0 Å². The number of nitro groups is 1. The first-order valence-electron chi connectivity index (χ1n) is 10.5. The molecule has 1 amide bonds. The van der Waals surface area contributed by atoms with E-state index in [4.69, 9.17) is 11.3 Å². The third kappa shape index (κ3) is 6.73. The van der Waals surface area contributed by atoms with Crippen LogP contribution in [0.2, 0.25) is 0 Å². The summed E-state index contributed by atoms with van der Waals surface area (Å²) in [6.45, 7) is 14.0. The molecule has 33 heavy (non-hydrogen) atoms. The molecule has 12 heteroatoms. The highest BCUT2D eigenvalue weighted by Crippen LogP contribution is 2.28. The van der Waals surface area contributed by atoms with Crippen LogP contribution < -0.4 is 10.6 Å². The maximum atomic E-state index is 12.4. The van der Waals surface area contributed by atoms with E-state index in [1.807, 2.05) is 20.8 Å². The van der Waals surface area contributed by atoms with Gasteiger partial charge < -0.3 is 25.1 Å². The number of nitrogens with one attached hydrogen (secondary N) is 2. The Hall–Kier alpha value is -4.01. The summed E-state index contributed by atoms with van der Waals surface area (Å²) < 4.78 is 5.46. The largest absolute Gasteiger partial charge is 0.444 e. The van der Waals surface area contributed by atoms with Crippen LogP contribution in [-0.2, 0) is 4.74 Å². The van der Waals surface area contributed by atoms with Crippen molar-refractivity contribution in [3.63, 3.8) is 0 Å². The Bertz CT molecular complexity index is 1050. The highest BCUT2D eigenvalue weighted by molar-refractivity contribution is 5.69. The Labute approximate surface area is 191 Å². The van der Waals surface area contributed by atoms with E-state index in [1.165, 1.54) is 24.7 Å². The number of hydrogen-bond donors (Lipinski definition) is 2. The lowest BCUT2D eigenvalue weighted by Gasteiger charge is -2.34. The summed E-state index contributed by atoms with van der Waals surface area (Å²) in [4.78, 5) is 40.3. The van der Waals surface area contributed by atoms with Crippen LogP contribution in [0.5, 0.6) is 0 Å². The van der Waals surface area contributed by atoms with E-state index in [0.29, 0.717) is 37.0 Å².